The second kappa shape index (κ2) is 5.99. The predicted octanol–water partition coefficient (Wildman–Crippen LogP) is 3.16. The molecule has 1 aliphatic rings. The molecule has 0 saturated heterocycles. The molecule has 1 aliphatic carbocycles. The van der Waals surface area contributed by atoms with E-state index in [0.717, 1.165) is 19.3 Å². The van der Waals surface area contributed by atoms with Crippen LogP contribution in [-0.4, -0.2) is 17.1 Å². The van der Waals surface area contributed by atoms with E-state index >= 15 is 0 Å². The van der Waals surface area contributed by atoms with Crippen molar-refractivity contribution < 1.29 is 9.90 Å². The van der Waals surface area contributed by atoms with Gasteiger partial charge in [0.25, 0.3) is 0 Å². The fourth-order valence-electron chi connectivity index (χ4n) is 2.35. The first-order chi connectivity index (χ1) is 8.97. The van der Waals surface area contributed by atoms with Crippen LogP contribution in [0, 0.1) is 5.92 Å². The highest BCUT2D eigenvalue weighted by molar-refractivity contribution is 6.37. The maximum atomic E-state index is 12.1. The summed E-state index contributed by atoms with van der Waals surface area (Å²) in [5, 5.41) is 12.4. The van der Waals surface area contributed by atoms with Crippen molar-refractivity contribution >= 4 is 34.8 Å². The quantitative estimate of drug-likeness (QED) is 0.735. The molecule has 104 valence electrons. The Bertz CT molecular complexity index is 471. The van der Waals surface area contributed by atoms with Crippen LogP contribution < -0.4 is 11.1 Å². The normalized spacial score (nSPS) is 23.1. The molecule has 0 aromatic heterocycles. The first-order valence-electron chi connectivity index (χ1n) is 6.22. The molecule has 0 heterocycles. The number of aromatic hydroxyl groups is 1. The molecule has 4 nitrogen and oxygen atoms in total. The zero-order chi connectivity index (χ0) is 14.0. The second-order valence-corrected chi connectivity index (χ2v) is 5.72. The number of hydrogen-bond donors (Lipinski definition) is 3. The third-order valence-electron chi connectivity index (χ3n) is 3.37. The lowest BCUT2D eigenvalue weighted by Crippen LogP contribution is -2.34. The molecule has 2 atom stereocenters. The van der Waals surface area contributed by atoms with Gasteiger partial charge in [-0.2, -0.15) is 0 Å². The molecule has 1 aromatic rings. The van der Waals surface area contributed by atoms with E-state index < -0.39 is 0 Å². The molecular formula is C13H16Cl2N2O2. The summed E-state index contributed by atoms with van der Waals surface area (Å²) < 4.78 is 0. The van der Waals surface area contributed by atoms with Crippen molar-refractivity contribution in [3.8, 4) is 5.75 Å². The van der Waals surface area contributed by atoms with Gasteiger partial charge < -0.3 is 16.2 Å². The highest BCUT2D eigenvalue weighted by Gasteiger charge is 2.25. The lowest BCUT2D eigenvalue weighted by atomic mass is 9.85. The first-order valence-corrected chi connectivity index (χ1v) is 6.97. The smallest absolute Gasteiger partial charge is 0.227 e. The zero-order valence-corrected chi connectivity index (χ0v) is 11.8. The highest BCUT2D eigenvalue weighted by Crippen LogP contribution is 2.35. The van der Waals surface area contributed by atoms with Gasteiger partial charge in [-0.05, 0) is 31.4 Å². The van der Waals surface area contributed by atoms with Gasteiger partial charge in [-0.1, -0.05) is 29.6 Å². The van der Waals surface area contributed by atoms with Crippen LogP contribution in [0.4, 0.5) is 5.69 Å². The summed E-state index contributed by atoms with van der Waals surface area (Å²) in [7, 11) is 0. The van der Waals surface area contributed by atoms with Crippen molar-refractivity contribution in [2.45, 2.75) is 31.7 Å². The van der Waals surface area contributed by atoms with Gasteiger partial charge in [0.2, 0.25) is 5.91 Å². The van der Waals surface area contributed by atoms with Gasteiger partial charge in [0.1, 0.15) is 0 Å². The number of benzene rings is 1. The number of nitrogens with two attached hydrogens (primary N) is 1. The molecule has 4 N–H and O–H groups in total. The SMILES string of the molecule is NC1CCCC(C(=O)Nc2cc(Cl)c(O)c(Cl)c2)C1. The van der Waals surface area contributed by atoms with Crippen molar-refractivity contribution in [3.63, 3.8) is 0 Å². The Labute approximate surface area is 121 Å². The van der Waals surface area contributed by atoms with E-state index in [1.807, 2.05) is 0 Å². The third-order valence-corrected chi connectivity index (χ3v) is 3.95. The van der Waals surface area contributed by atoms with Crippen LogP contribution in [0.5, 0.6) is 5.75 Å². The summed E-state index contributed by atoms with van der Waals surface area (Å²) in [5.74, 6) is -0.330. The highest BCUT2D eigenvalue weighted by atomic mass is 35.5. The van der Waals surface area contributed by atoms with E-state index in [1.54, 1.807) is 0 Å². The van der Waals surface area contributed by atoms with Gasteiger partial charge in [0.05, 0.1) is 10.0 Å². The number of rotatable bonds is 2. The van der Waals surface area contributed by atoms with Crippen molar-refractivity contribution in [3.05, 3.63) is 22.2 Å². The van der Waals surface area contributed by atoms with Gasteiger partial charge >= 0.3 is 0 Å². The Morgan fingerprint density at radius 3 is 2.53 bits per heavy atom. The molecule has 1 amide bonds. The summed E-state index contributed by atoms with van der Waals surface area (Å²) in [5.41, 5.74) is 6.35. The second-order valence-electron chi connectivity index (χ2n) is 4.90. The van der Waals surface area contributed by atoms with E-state index in [0.29, 0.717) is 12.1 Å². The van der Waals surface area contributed by atoms with Gasteiger partial charge in [0, 0.05) is 17.6 Å². The molecule has 2 unspecified atom stereocenters. The van der Waals surface area contributed by atoms with Crippen LogP contribution in [0.1, 0.15) is 25.7 Å². The van der Waals surface area contributed by atoms with Crippen LogP contribution in [0.15, 0.2) is 12.1 Å². The van der Waals surface area contributed by atoms with E-state index in [1.165, 1.54) is 12.1 Å². The first kappa shape index (κ1) is 14.4. The summed E-state index contributed by atoms with van der Waals surface area (Å²) >= 11 is 11.6. The van der Waals surface area contributed by atoms with Gasteiger partial charge in [-0.3, -0.25) is 4.79 Å². The molecular weight excluding hydrogens is 287 g/mol. The maximum absolute atomic E-state index is 12.1. The number of carbonyl (C=O) groups is 1. The molecule has 1 aromatic carbocycles. The molecule has 0 spiro atoms. The Morgan fingerprint density at radius 1 is 1.32 bits per heavy atom. The molecule has 0 radical (unpaired) electrons. The zero-order valence-electron chi connectivity index (χ0n) is 10.3. The van der Waals surface area contributed by atoms with Crippen LogP contribution in [-0.2, 0) is 4.79 Å². The lowest BCUT2D eigenvalue weighted by molar-refractivity contribution is -0.120. The Morgan fingerprint density at radius 2 is 1.95 bits per heavy atom. The maximum Gasteiger partial charge on any atom is 0.227 e. The van der Waals surface area contributed by atoms with E-state index in [2.05, 4.69) is 5.32 Å². The van der Waals surface area contributed by atoms with Gasteiger partial charge in [-0.15, -0.1) is 0 Å². The Kier molecular flexibility index (Phi) is 4.55. The number of phenolic OH excluding ortho intramolecular Hbond substituents is 1. The van der Waals surface area contributed by atoms with Crippen LogP contribution >= 0.6 is 23.2 Å². The number of nitrogens with one attached hydrogen (secondary N) is 1. The van der Waals surface area contributed by atoms with Crippen molar-refractivity contribution in [2.75, 3.05) is 5.32 Å². The minimum absolute atomic E-state index is 0.0740. The van der Waals surface area contributed by atoms with Gasteiger partial charge in [-0.25, -0.2) is 0 Å². The van der Waals surface area contributed by atoms with Gasteiger partial charge in [0.15, 0.2) is 5.75 Å². The monoisotopic (exact) mass is 302 g/mol. The van der Waals surface area contributed by atoms with E-state index in [4.69, 9.17) is 28.9 Å². The average molecular weight is 303 g/mol. The Balaban J connectivity index is 2.06. The average Bonchev–Trinajstić information content (AvgIpc) is 2.36. The molecule has 0 bridgehead atoms. The van der Waals surface area contributed by atoms with E-state index in [9.17, 15) is 9.90 Å². The standard InChI is InChI=1S/C13H16Cl2N2O2/c14-10-5-9(6-11(15)12(10)18)17-13(19)7-2-1-3-8(16)4-7/h5-8,18H,1-4,16H2,(H,17,19). The molecule has 1 fully saturated rings. The van der Waals surface area contributed by atoms with E-state index in [-0.39, 0.29) is 33.7 Å². The minimum atomic E-state index is -0.180. The summed E-state index contributed by atoms with van der Waals surface area (Å²) in [4.78, 5) is 12.1. The third kappa shape index (κ3) is 3.53. The topological polar surface area (TPSA) is 75.4 Å². The molecule has 2 rings (SSSR count). The van der Waals surface area contributed by atoms with Crippen LogP contribution in [0.2, 0.25) is 10.0 Å². The van der Waals surface area contributed by atoms with Crippen LogP contribution in [0.25, 0.3) is 0 Å². The number of carbonyl (C=O) groups excluding carboxylic acids is 1. The summed E-state index contributed by atoms with van der Waals surface area (Å²) in [6.45, 7) is 0. The molecule has 1 saturated carbocycles. The number of halogens is 2. The fraction of sp³-hybridized carbons (Fsp3) is 0.462. The van der Waals surface area contributed by atoms with Crippen molar-refractivity contribution in [1.29, 1.82) is 0 Å². The predicted molar refractivity (Wildman–Crippen MR) is 76.7 cm³/mol. The van der Waals surface area contributed by atoms with Crippen molar-refractivity contribution in [2.24, 2.45) is 11.7 Å². The Hall–Kier alpha value is -0.970. The largest absolute Gasteiger partial charge is 0.505 e. The lowest BCUT2D eigenvalue weighted by Gasteiger charge is -2.25. The van der Waals surface area contributed by atoms with Crippen LogP contribution in [0.3, 0.4) is 0 Å². The molecule has 19 heavy (non-hydrogen) atoms. The van der Waals surface area contributed by atoms with Crippen molar-refractivity contribution in [1.82, 2.24) is 0 Å². The fourth-order valence-corrected chi connectivity index (χ4v) is 2.83. The molecule has 0 aliphatic heterocycles. The number of amides is 1. The number of hydrogen-bond acceptors (Lipinski definition) is 3. The minimum Gasteiger partial charge on any atom is -0.505 e. The number of phenols is 1. The summed E-state index contributed by atoms with van der Waals surface area (Å²) in [6.07, 6.45) is 3.49. The number of anilines is 1. The summed E-state index contributed by atoms with van der Waals surface area (Å²) in [6, 6.07) is 3.05. The molecule has 6 heteroatoms.